The van der Waals surface area contributed by atoms with Crippen molar-refractivity contribution in [2.24, 2.45) is 5.92 Å². The molecular weight excluding hydrogens is 222 g/mol. The molecule has 1 saturated carbocycles. The molecule has 0 radical (unpaired) electrons. The minimum Gasteiger partial charge on any atom is -0.316 e. The van der Waals surface area contributed by atoms with Crippen LogP contribution in [0.1, 0.15) is 37.9 Å². The average molecular weight is 247 g/mol. The van der Waals surface area contributed by atoms with E-state index in [1.54, 1.807) is 0 Å². The summed E-state index contributed by atoms with van der Waals surface area (Å²) >= 11 is 0. The zero-order valence-electron chi connectivity index (χ0n) is 11.8. The normalized spacial score (nSPS) is 15.6. The number of rotatable bonds is 7. The summed E-state index contributed by atoms with van der Waals surface area (Å²) in [6.45, 7) is 7.67. The molecule has 0 atom stereocenters. The Bertz CT molecular complexity index is 372. The van der Waals surface area contributed by atoms with Crippen molar-refractivity contribution >= 4 is 0 Å². The highest BCUT2D eigenvalue weighted by molar-refractivity contribution is 5.19. The topological polar surface area (TPSA) is 28.2 Å². The van der Waals surface area contributed by atoms with Crippen LogP contribution in [0.5, 0.6) is 0 Å². The van der Waals surface area contributed by atoms with Gasteiger partial charge in [0.2, 0.25) is 0 Å². The highest BCUT2D eigenvalue weighted by Crippen LogP contribution is 2.30. The monoisotopic (exact) mass is 247 g/mol. The Balaban J connectivity index is 2.04. The van der Waals surface area contributed by atoms with Gasteiger partial charge in [-0.15, -0.1) is 0 Å². The zero-order valence-corrected chi connectivity index (χ0v) is 11.8. The van der Waals surface area contributed by atoms with Gasteiger partial charge in [-0.25, -0.2) is 0 Å². The molecule has 0 aromatic carbocycles. The van der Waals surface area contributed by atoms with Crippen LogP contribution >= 0.6 is 0 Å². The van der Waals surface area contributed by atoms with E-state index in [2.05, 4.69) is 35.1 Å². The van der Waals surface area contributed by atoms with Crippen molar-refractivity contribution in [3.63, 3.8) is 0 Å². The van der Waals surface area contributed by atoms with Crippen LogP contribution in [-0.2, 0) is 13.1 Å². The number of aromatic nitrogens is 1. The first-order chi connectivity index (χ1) is 8.70. The van der Waals surface area contributed by atoms with Crippen molar-refractivity contribution in [3.05, 3.63) is 29.6 Å². The third-order valence-electron chi connectivity index (χ3n) is 3.62. The van der Waals surface area contributed by atoms with Gasteiger partial charge < -0.3 is 5.32 Å². The number of hydrogen-bond donors (Lipinski definition) is 1. The van der Waals surface area contributed by atoms with Gasteiger partial charge in [0.25, 0.3) is 0 Å². The van der Waals surface area contributed by atoms with Crippen LogP contribution in [0.25, 0.3) is 0 Å². The van der Waals surface area contributed by atoms with Crippen molar-refractivity contribution in [1.29, 1.82) is 0 Å². The molecule has 100 valence electrons. The van der Waals surface area contributed by atoms with Gasteiger partial charge in [-0.3, -0.25) is 9.88 Å². The molecule has 0 aliphatic heterocycles. The van der Waals surface area contributed by atoms with E-state index in [4.69, 9.17) is 0 Å². The van der Waals surface area contributed by atoms with E-state index in [0.29, 0.717) is 6.04 Å². The zero-order chi connectivity index (χ0) is 13.0. The molecule has 3 heteroatoms. The highest BCUT2D eigenvalue weighted by Gasteiger charge is 2.25. The van der Waals surface area contributed by atoms with E-state index in [1.807, 2.05) is 19.3 Å². The summed E-state index contributed by atoms with van der Waals surface area (Å²) in [5, 5.41) is 3.22. The molecule has 0 saturated heterocycles. The second-order valence-corrected chi connectivity index (χ2v) is 5.61. The van der Waals surface area contributed by atoms with E-state index in [-0.39, 0.29) is 0 Å². The predicted octanol–water partition coefficient (Wildman–Crippen LogP) is 2.42. The lowest BCUT2D eigenvalue weighted by Gasteiger charge is -2.26. The van der Waals surface area contributed by atoms with Gasteiger partial charge in [-0.1, -0.05) is 6.07 Å². The van der Waals surface area contributed by atoms with Crippen LogP contribution in [0.4, 0.5) is 0 Å². The van der Waals surface area contributed by atoms with Crippen LogP contribution in [-0.4, -0.2) is 29.5 Å². The summed E-state index contributed by atoms with van der Waals surface area (Å²) in [4.78, 5) is 7.12. The summed E-state index contributed by atoms with van der Waals surface area (Å²) in [5.41, 5.74) is 2.54. The molecule has 0 bridgehead atoms. The highest BCUT2D eigenvalue weighted by atomic mass is 15.2. The second kappa shape index (κ2) is 6.30. The first kappa shape index (κ1) is 13.5. The molecule has 1 aliphatic rings. The first-order valence-electron chi connectivity index (χ1n) is 7.02. The fourth-order valence-electron chi connectivity index (χ4n) is 2.25. The lowest BCUT2D eigenvalue weighted by Crippen LogP contribution is -2.33. The van der Waals surface area contributed by atoms with Crippen LogP contribution in [0.2, 0.25) is 0 Å². The SMILES string of the molecule is CNCc1cccnc1CN(CC1CC1)C(C)C. The molecule has 0 unspecified atom stereocenters. The number of nitrogens with zero attached hydrogens (tertiary/aromatic N) is 2. The fourth-order valence-corrected chi connectivity index (χ4v) is 2.25. The van der Waals surface area contributed by atoms with Crippen molar-refractivity contribution in [2.45, 2.75) is 45.8 Å². The minimum atomic E-state index is 0.593. The Morgan fingerprint density at radius 1 is 1.44 bits per heavy atom. The average Bonchev–Trinajstić information content (AvgIpc) is 3.15. The maximum absolute atomic E-state index is 4.57. The van der Waals surface area contributed by atoms with Crippen LogP contribution in [0.15, 0.2) is 18.3 Å². The molecule has 1 fully saturated rings. The molecule has 0 spiro atoms. The van der Waals surface area contributed by atoms with E-state index < -0.39 is 0 Å². The summed E-state index contributed by atoms with van der Waals surface area (Å²) in [6, 6.07) is 4.79. The molecule has 18 heavy (non-hydrogen) atoms. The Hall–Kier alpha value is -0.930. The van der Waals surface area contributed by atoms with Crippen molar-refractivity contribution in [1.82, 2.24) is 15.2 Å². The smallest absolute Gasteiger partial charge is 0.0588 e. The number of pyridine rings is 1. The predicted molar refractivity (Wildman–Crippen MR) is 75.3 cm³/mol. The van der Waals surface area contributed by atoms with Crippen LogP contribution in [0.3, 0.4) is 0 Å². The molecular formula is C15H25N3. The standard InChI is InChI=1S/C15H25N3/c1-12(2)18(10-13-6-7-13)11-15-14(9-16-3)5-4-8-17-15/h4-5,8,12-13,16H,6-7,9-11H2,1-3H3. The lowest BCUT2D eigenvalue weighted by molar-refractivity contribution is 0.200. The fraction of sp³-hybridized carbons (Fsp3) is 0.667. The van der Waals surface area contributed by atoms with E-state index in [1.165, 1.54) is 30.6 Å². The van der Waals surface area contributed by atoms with Gasteiger partial charge in [-0.2, -0.15) is 0 Å². The molecule has 1 aromatic rings. The van der Waals surface area contributed by atoms with Crippen molar-refractivity contribution < 1.29 is 0 Å². The van der Waals surface area contributed by atoms with Crippen LogP contribution < -0.4 is 5.32 Å². The van der Waals surface area contributed by atoms with Crippen molar-refractivity contribution in [2.75, 3.05) is 13.6 Å². The molecule has 1 heterocycles. The Kier molecular flexibility index (Phi) is 4.72. The Labute approximate surface area is 111 Å². The van der Waals surface area contributed by atoms with Gasteiger partial charge in [0.1, 0.15) is 0 Å². The van der Waals surface area contributed by atoms with E-state index >= 15 is 0 Å². The molecule has 3 nitrogen and oxygen atoms in total. The maximum atomic E-state index is 4.57. The summed E-state index contributed by atoms with van der Waals surface area (Å²) in [7, 11) is 1.99. The Morgan fingerprint density at radius 3 is 2.83 bits per heavy atom. The third-order valence-corrected chi connectivity index (χ3v) is 3.62. The molecule has 2 rings (SSSR count). The van der Waals surface area contributed by atoms with Gasteiger partial charge in [0.15, 0.2) is 0 Å². The minimum absolute atomic E-state index is 0.593. The van der Waals surface area contributed by atoms with E-state index in [0.717, 1.165) is 19.0 Å². The molecule has 1 aliphatic carbocycles. The van der Waals surface area contributed by atoms with Crippen LogP contribution in [0, 0.1) is 5.92 Å². The summed E-state index contributed by atoms with van der Waals surface area (Å²) in [5.74, 6) is 0.934. The van der Waals surface area contributed by atoms with Crippen molar-refractivity contribution in [3.8, 4) is 0 Å². The largest absolute Gasteiger partial charge is 0.316 e. The quantitative estimate of drug-likeness (QED) is 0.802. The van der Waals surface area contributed by atoms with Gasteiger partial charge >= 0.3 is 0 Å². The summed E-state index contributed by atoms with van der Waals surface area (Å²) in [6.07, 6.45) is 4.73. The molecule has 1 N–H and O–H groups in total. The third kappa shape index (κ3) is 3.79. The number of nitrogens with one attached hydrogen (secondary N) is 1. The lowest BCUT2D eigenvalue weighted by atomic mass is 10.1. The van der Waals surface area contributed by atoms with Gasteiger partial charge in [-0.05, 0) is 51.3 Å². The second-order valence-electron chi connectivity index (χ2n) is 5.61. The van der Waals surface area contributed by atoms with Gasteiger partial charge in [0.05, 0.1) is 5.69 Å². The van der Waals surface area contributed by atoms with Gasteiger partial charge in [0, 0.05) is 31.9 Å². The number of hydrogen-bond acceptors (Lipinski definition) is 3. The van der Waals surface area contributed by atoms with E-state index in [9.17, 15) is 0 Å². The molecule has 0 amide bonds. The maximum Gasteiger partial charge on any atom is 0.0588 e. The first-order valence-corrected chi connectivity index (χ1v) is 7.02. The molecule has 1 aromatic heterocycles. The summed E-state index contributed by atoms with van der Waals surface area (Å²) < 4.78 is 0. The Morgan fingerprint density at radius 2 is 2.22 bits per heavy atom.